The first-order chi connectivity index (χ1) is 14.9. The number of carboxylic acid groups (broad SMARTS) is 1. The van der Waals surface area contributed by atoms with Gasteiger partial charge in [-0.05, 0) is 46.0 Å². The molecule has 1 aliphatic rings. The minimum Gasteiger partial charge on any atom is -0.480 e. The molecule has 0 spiro atoms. The van der Waals surface area contributed by atoms with Crippen LogP contribution in [0.25, 0.3) is 11.1 Å². The summed E-state index contributed by atoms with van der Waals surface area (Å²) in [6.07, 6.45) is -0.738. The largest absolute Gasteiger partial charge is 0.480 e. The summed E-state index contributed by atoms with van der Waals surface area (Å²) in [6, 6.07) is 20.0. The van der Waals surface area contributed by atoms with Crippen molar-refractivity contribution in [1.29, 1.82) is 0 Å². The van der Waals surface area contributed by atoms with Crippen LogP contribution in [0.2, 0.25) is 5.02 Å². The van der Waals surface area contributed by atoms with Crippen LogP contribution in [0.1, 0.15) is 22.6 Å². The van der Waals surface area contributed by atoms with Crippen molar-refractivity contribution in [1.82, 2.24) is 5.32 Å². The fraction of sp³-hybridized carbons (Fsp3) is 0.167. The molecule has 0 heterocycles. The predicted molar refractivity (Wildman–Crippen MR) is 122 cm³/mol. The van der Waals surface area contributed by atoms with Gasteiger partial charge in [-0.1, -0.05) is 76.1 Å². The van der Waals surface area contributed by atoms with Gasteiger partial charge >= 0.3 is 12.1 Å². The fourth-order valence-electron chi connectivity index (χ4n) is 3.90. The average Bonchev–Trinajstić information content (AvgIpc) is 3.08. The Morgan fingerprint density at radius 2 is 1.65 bits per heavy atom. The second-order valence-corrected chi connectivity index (χ2v) is 8.62. The van der Waals surface area contributed by atoms with Crippen LogP contribution < -0.4 is 5.32 Å². The topological polar surface area (TPSA) is 75.6 Å². The lowest BCUT2D eigenvalue weighted by molar-refractivity contribution is -0.139. The third kappa shape index (κ3) is 4.60. The number of alkyl carbamates (subject to hydrolysis) is 1. The van der Waals surface area contributed by atoms with Crippen LogP contribution in [-0.4, -0.2) is 29.8 Å². The van der Waals surface area contributed by atoms with E-state index in [0.29, 0.717) is 10.6 Å². The van der Waals surface area contributed by atoms with Gasteiger partial charge in [0.2, 0.25) is 0 Å². The molecule has 1 amide bonds. The molecule has 0 unspecified atom stereocenters. The Bertz CT molecular complexity index is 1100. The number of amides is 1. The van der Waals surface area contributed by atoms with Crippen LogP contribution in [0.4, 0.5) is 4.79 Å². The molecule has 0 bridgehead atoms. The summed E-state index contributed by atoms with van der Waals surface area (Å²) in [6.45, 7) is 0.115. The number of benzene rings is 3. The average molecular weight is 501 g/mol. The number of carbonyl (C=O) groups excluding carboxylic acids is 1. The number of halogens is 2. The van der Waals surface area contributed by atoms with Gasteiger partial charge in [0, 0.05) is 21.8 Å². The lowest BCUT2D eigenvalue weighted by Crippen LogP contribution is -2.43. The zero-order valence-electron chi connectivity index (χ0n) is 16.3. The van der Waals surface area contributed by atoms with Crippen LogP contribution in [0.3, 0.4) is 0 Å². The van der Waals surface area contributed by atoms with Crippen LogP contribution >= 0.6 is 27.5 Å². The van der Waals surface area contributed by atoms with E-state index in [9.17, 15) is 14.7 Å². The van der Waals surface area contributed by atoms with Gasteiger partial charge in [0.1, 0.15) is 12.6 Å². The summed E-state index contributed by atoms with van der Waals surface area (Å²) >= 11 is 9.51. The summed E-state index contributed by atoms with van der Waals surface area (Å²) in [5, 5.41) is 12.4. The molecule has 0 saturated carbocycles. The number of rotatable bonds is 6. The highest BCUT2D eigenvalue weighted by Gasteiger charge is 2.30. The molecule has 0 radical (unpaired) electrons. The monoisotopic (exact) mass is 499 g/mol. The first-order valence-corrected chi connectivity index (χ1v) is 10.9. The Morgan fingerprint density at radius 3 is 2.26 bits per heavy atom. The second kappa shape index (κ2) is 9.12. The zero-order chi connectivity index (χ0) is 22.0. The number of fused-ring (bicyclic) bond motifs is 3. The predicted octanol–water partition coefficient (Wildman–Crippen LogP) is 5.64. The highest BCUT2D eigenvalue weighted by molar-refractivity contribution is 9.10. The van der Waals surface area contributed by atoms with E-state index in [4.69, 9.17) is 16.3 Å². The number of carbonyl (C=O) groups is 2. The minimum atomic E-state index is -1.16. The molecule has 0 fully saturated rings. The van der Waals surface area contributed by atoms with Crippen molar-refractivity contribution in [3.8, 4) is 11.1 Å². The smallest absolute Gasteiger partial charge is 0.407 e. The number of ether oxygens (including phenoxy) is 1. The number of aliphatic carboxylic acids is 1. The van der Waals surface area contributed by atoms with E-state index in [1.165, 1.54) is 0 Å². The van der Waals surface area contributed by atoms with Crippen LogP contribution in [0, 0.1) is 0 Å². The molecule has 0 aliphatic heterocycles. The number of nitrogens with one attached hydrogen (secondary N) is 1. The Hall–Kier alpha value is -2.83. The maximum Gasteiger partial charge on any atom is 0.407 e. The van der Waals surface area contributed by atoms with Gasteiger partial charge in [0.05, 0.1) is 0 Å². The lowest BCUT2D eigenvalue weighted by Gasteiger charge is -2.18. The van der Waals surface area contributed by atoms with Crippen LogP contribution in [-0.2, 0) is 16.0 Å². The molecule has 1 aliphatic carbocycles. The van der Waals surface area contributed by atoms with E-state index < -0.39 is 18.1 Å². The van der Waals surface area contributed by atoms with E-state index >= 15 is 0 Å². The highest BCUT2D eigenvalue weighted by Crippen LogP contribution is 2.44. The molecule has 3 aromatic rings. The quantitative estimate of drug-likeness (QED) is 0.459. The third-order valence-electron chi connectivity index (χ3n) is 5.37. The van der Waals surface area contributed by atoms with Gasteiger partial charge in [-0.3, -0.25) is 0 Å². The Labute approximate surface area is 193 Å². The summed E-state index contributed by atoms with van der Waals surface area (Å²) < 4.78 is 6.23. The third-order valence-corrected chi connectivity index (χ3v) is 6.23. The maximum absolute atomic E-state index is 12.4. The lowest BCUT2D eigenvalue weighted by atomic mass is 9.98. The molecule has 4 rings (SSSR count). The first-order valence-electron chi connectivity index (χ1n) is 9.72. The van der Waals surface area contributed by atoms with Gasteiger partial charge in [-0.2, -0.15) is 0 Å². The summed E-state index contributed by atoms with van der Waals surface area (Å²) in [4.78, 5) is 24.1. The van der Waals surface area contributed by atoms with Crippen molar-refractivity contribution in [2.75, 3.05) is 6.61 Å². The molecular weight excluding hydrogens is 482 g/mol. The van der Waals surface area contributed by atoms with Crippen molar-refractivity contribution in [3.05, 3.63) is 92.9 Å². The van der Waals surface area contributed by atoms with E-state index in [0.717, 1.165) is 26.7 Å². The number of hydrogen-bond acceptors (Lipinski definition) is 3. The van der Waals surface area contributed by atoms with E-state index in [2.05, 4.69) is 33.4 Å². The fourth-order valence-corrected chi connectivity index (χ4v) is 4.51. The Morgan fingerprint density at radius 1 is 1.03 bits per heavy atom. The molecular formula is C24H19BrClNO4. The molecule has 158 valence electrons. The molecule has 7 heteroatoms. The molecule has 5 nitrogen and oxygen atoms in total. The van der Waals surface area contributed by atoms with Crippen molar-refractivity contribution in [2.45, 2.75) is 18.4 Å². The van der Waals surface area contributed by atoms with Crippen molar-refractivity contribution in [2.24, 2.45) is 0 Å². The maximum atomic E-state index is 12.4. The summed E-state index contributed by atoms with van der Waals surface area (Å²) in [5.74, 6) is -1.26. The van der Waals surface area contributed by atoms with Gasteiger partial charge in [-0.15, -0.1) is 0 Å². The second-order valence-electron chi connectivity index (χ2n) is 7.30. The first kappa shape index (κ1) is 21.4. The summed E-state index contributed by atoms with van der Waals surface area (Å²) in [7, 11) is 0. The van der Waals surface area contributed by atoms with Crippen molar-refractivity contribution >= 4 is 39.6 Å². The van der Waals surface area contributed by atoms with Crippen molar-refractivity contribution < 1.29 is 19.4 Å². The van der Waals surface area contributed by atoms with E-state index in [1.54, 1.807) is 18.2 Å². The summed E-state index contributed by atoms with van der Waals surface area (Å²) in [5.41, 5.74) is 5.04. The SMILES string of the molecule is O=C(N[C@@H](Cc1cc(Br)ccc1Cl)C(=O)O)OCC1c2ccccc2-c2ccccc21. The zero-order valence-corrected chi connectivity index (χ0v) is 18.7. The van der Waals surface area contributed by atoms with Gasteiger partial charge in [0.15, 0.2) is 0 Å². The van der Waals surface area contributed by atoms with Crippen molar-refractivity contribution in [3.63, 3.8) is 0 Å². The number of carboxylic acids is 1. The molecule has 3 aromatic carbocycles. The van der Waals surface area contributed by atoms with E-state index in [1.807, 2.05) is 36.4 Å². The van der Waals surface area contributed by atoms with Gasteiger partial charge in [0.25, 0.3) is 0 Å². The minimum absolute atomic E-state index is 0.0395. The Balaban J connectivity index is 1.45. The molecule has 0 saturated heterocycles. The van der Waals surface area contributed by atoms with Crippen LogP contribution in [0.5, 0.6) is 0 Å². The van der Waals surface area contributed by atoms with Crippen LogP contribution in [0.15, 0.2) is 71.2 Å². The molecule has 31 heavy (non-hydrogen) atoms. The standard InChI is InChI=1S/C24H19BrClNO4/c25-15-9-10-21(26)14(11-15)12-22(23(28)29)27-24(30)31-13-20-18-7-3-1-5-16(18)17-6-2-4-8-19(17)20/h1-11,20,22H,12-13H2,(H,27,30)(H,28,29)/t22-/m0/s1. The van der Waals surface area contributed by atoms with Gasteiger partial charge in [-0.25, -0.2) is 9.59 Å². The molecule has 1 atom stereocenters. The van der Waals surface area contributed by atoms with E-state index in [-0.39, 0.29) is 18.9 Å². The highest BCUT2D eigenvalue weighted by atomic mass is 79.9. The number of hydrogen-bond donors (Lipinski definition) is 2. The molecule has 2 N–H and O–H groups in total. The molecule has 0 aromatic heterocycles. The van der Waals surface area contributed by atoms with Gasteiger partial charge < -0.3 is 15.2 Å². The normalized spacial score (nSPS) is 13.2. The Kier molecular flexibility index (Phi) is 6.30.